The second-order valence-corrected chi connectivity index (χ2v) is 5.99. The molecule has 3 rings (SSSR count). The second-order valence-electron chi connectivity index (χ2n) is 5.99. The summed E-state index contributed by atoms with van der Waals surface area (Å²) in [7, 11) is 1.84. The molecule has 0 spiro atoms. The average molecular weight is 322 g/mol. The van der Waals surface area contributed by atoms with Gasteiger partial charge >= 0.3 is 0 Å². The molecule has 0 saturated heterocycles. The molecule has 0 aliphatic rings. The lowest BCUT2D eigenvalue weighted by molar-refractivity contribution is 0.0938. The van der Waals surface area contributed by atoms with E-state index in [1.54, 1.807) is 10.9 Å². The zero-order valence-electron chi connectivity index (χ0n) is 14.0. The van der Waals surface area contributed by atoms with Crippen molar-refractivity contribution in [2.75, 3.05) is 0 Å². The number of amides is 1. The van der Waals surface area contributed by atoms with Gasteiger partial charge in [-0.1, -0.05) is 30.3 Å². The molecule has 1 N–H and O–H groups in total. The molecule has 0 saturated carbocycles. The van der Waals surface area contributed by atoms with Gasteiger partial charge in [-0.3, -0.25) is 9.48 Å². The maximum Gasteiger partial charge on any atom is 0.256 e. The zero-order valence-corrected chi connectivity index (χ0v) is 14.0. The fraction of sp³-hybridized carbons (Fsp3) is 0.263. The first kappa shape index (κ1) is 16.1. The Labute approximate surface area is 141 Å². The van der Waals surface area contributed by atoms with Crippen molar-refractivity contribution in [2.45, 2.75) is 25.8 Å². The van der Waals surface area contributed by atoms with E-state index in [-0.39, 0.29) is 11.9 Å². The summed E-state index contributed by atoms with van der Waals surface area (Å²) in [5, 5.41) is 7.31. The molecule has 0 aliphatic heterocycles. The number of nitrogens with zero attached hydrogens (tertiary/aromatic N) is 3. The van der Waals surface area contributed by atoms with E-state index < -0.39 is 0 Å². The molecule has 5 heteroatoms. The maximum absolute atomic E-state index is 12.6. The summed E-state index contributed by atoms with van der Waals surface area (Å²) in [5.41, 5.74) is 1.87. The molecule has 24 heavy (non-hydrogen) atoms. The number of carbonyl (C=O) groups excluding carboxylic acids is 1. The highest BCUT2D eigenvalue weighted by Crippen LogP contribution is 2.14. The fourth-order valence-electron chi connectivity index (χ4n) is 2.77. The molecule has 0 radical (unpaired) electrons. The minimum absolute atomic E-state index is 0.0904. The summed E-state index contributed by atoms with van der Waals surface area (Å²) in [6.45, 7) is 2.03. The minimum Gasteiger partial charge on any atom is -0.349 e. The van der Waals surface area contributed by atoms with E-state index in [4.69, 9.17) is 0 Å². The van der Waals surface area contributed by atoms with Crippen LogP contribution in [0.15, 0.2) is 61.1 Å². The Bertz CT molecular complexity index is 790. The van der Waals surface area contributed by atoms with Gasteiger partial charge in [0.25, 0.3) is 5.91 Å². The number of rotatable bonds is 6. The van der Waals surface area contributed by atoms with Gasteiger partial charge in [-0.25, -0.2) is 0 Å². The van der Waals surface area contributed by atoms with Crippen molar-refractivity contribution in [1.29, 1.82) is 0 Å². The predicted octanol–water partition coefficient (Wildman–Crippen LogP) is 2.96. The number of aryl methyl sites for hydroxylation is 2. The molecule has 5 nitrogen and oxygen atoms in total. The van der Waals surface area contributed by atoms with Crippen LogP contribution in [0.3, 0.4) is 0 Å². The number of aromatic nitrogens is 3. The Morgan fingerprint density at radius 3 is 2.58 bits per heavy atom. The van der Waals surface area contributed by atoms with Crippen LogP contribution in [-0.4, -0.2) is 26.3 Å². The third-order valence-corrected chi connectivity index (χ3v) is 4.09. The van der Waals surface area contributed by atoms with E-state index in [0.29, 0.717) is 5.56 Å². The molecule has 0 aliphatic carbocycles. The lowest BCUT2D eigenvalue weighted by Gasteiger charge is -2.14. The summed E-state index contributed by atoms with van der Waals surface area (Å²) < 4.78 is 3.61. The third-order valence-electron chi connectivity index (χ3n) is 4.09. The highest BCUT2D eigenvalue weighted by molar-refractivity contribution is 5.97. The van der Waals surface area contributed by atoms with E-state index in [2.05, 4.69) is 22.5 Å². The summed E-state index contributed by atoms with van der Waals surface area (Å²) in [6.07, 6.45) is 7.28. The quantitative estimate of drug-likeness (QED) is 0.758. The number of hydrogen-bond donors (Lipinski definition) is 1. The van der Waals surface area contributed by atoms with Crippen LogP contribution in [0, 0.1) is 0 Å². The monoisotopic (exact) mass is 322 g/mol. The van der Waals surface area contributed by atoms with E-state index in [1.165, 1.54) is 5.56 Å². The van der Waals surface area contributed by atoms with Gasteiger partial charge in [-0.15, -0.1) is 0 Å². The molecular formula is C19H22N4O. The van der Waals surface area contributed by atoms with Gasteiger partial charge in [0.05, 0.1) is 6.20 Å². The lowest BCUT2D eigenvalue weighted by atomic mass is 10.1. The van der Waals surface area contributed by atoms with Crippen molar-refractivity contribution in [3.8, 4) is 5.82 Å². The molecule has 2 heterocycles. The maximum atomic E-state index is 12.6. The van der Waals surface area contributed by atoms with Crippen LogP contribution in [0.25, 0.3) is 5.82 Å². The minimum atomic E-state index is -0.0904. The Balaban J connectivity index is 1.65. The first-order chi connectivity index (χ1) is 11.6. The SMILES string of the molecule is C[C@H](CCc1ccccc1)NC(=O)c1cnn(C)c1-n1cccc1. The molecule has 0 unspecified atom stereocenters. The highest BCUT2D eigenvalue weighted by Gasteiger charge is 2.18. The summed E-state index contributed by atoms with van der Waals surface area (Å²) in [4.78, 5) is 12.6. The van der Waals surface area contributed by atoms with Crippen LogP contribution in [-0.2, 0) is 13.5 Å². The number of nitrogens with one attached hydrogen (secondary N) is 1. The van der Waals surface area contributed by atoms with Gasteiger partial charge in [-0.2, -0.15) is 5.10 Å². The number of carbonyl (C=O) groups is 1. The zero-order chi connectivity index (χ0) is 16.9. The first-order valence-corrected chi connectivity index (χ1v) is 8.15. The number of benzene rings is 1. The molecule has 2 aromatic heterocycles. The molecule has 1 amide bonds. The molecular weight excluding hydrogens is 300 g/mol. The fourth-order valence-corrected chi connectivity index (χ4v) is 2.77. The number of hydrogen-bond acceptors (Lipinski definition) is 2. The van der Waals surface area contributed by atoms with Crippen molar-refractivity contribution in [3.63, 3.8) is 0 Å². The van der Waals surface area contributed by atoms with Crippen molar-refractivity contribution >= 4 is 5.91 Å². The van der Waals surface area contributed by atoms with Gasteiger partial charge in [0, 0.05) is 25.5 Å². The Morgan fingerprint density at radius 1 is 1.17 bits per heavy atom. The van der Waals surface area contributed by atoms with Crippen LogP contribution in [0.4, 0.5) is 0 Å². The highest BCUT2D eigenvalue weighted by atomic mass is 16.1. The van der Waals surface area contributed by atoms with Crippen LogP contribution < -0.4 is 5.32 Å². The summed E-state index contributed by atoms with van der Waals surface area (Å²) in [6, 6.07) is 14.3. The van der Waals surface area contributed by atoms with Crippen LogP contribution in [0.1, 0.15) is 29.3 Å². The summed E-state index contributed by atoms with van der Waals surface area (Å²) >= 11 is 0. The van der Waals surface area contributed by atoms with E-state index in [9.17, 15) is 4.79 Å². The molecule has 0 bridgehead atoms. The van der Waals surface area contributed by atoms with E-state index in [0.717, 1.165) is 18.7 Å². The summed E-state index contributed by atoms with van der Waals surface area (Å²) in [5.74, 6) is 0.681. The predicted molar refractivity (Wildman–Crippen MR) is 94.2 cm³/mol. The van der Waals surface area contributed by atoms with Crippen molar-refractivity contribution < 1.29 is 4.79 Å². The Hall–Kier alpha value is -2.82. The standard InChI is InChI=1S/C19H22N4O/c1-15(10-11-16-8-4-3-5-9-16)21-18(24)17-14-20-22(2)19(17)23-12-6-7-13-23/h3-9,12-15H,10-11H2,1-2H3,(H,21,24)/t15-/m1/s1. The largest absolute Gasteiger partial charge is 0.349 e. The second kappa shape index (κ2) is 7.17. The molecule has 3 aromatic rings. The van der Waals surface area contributed by atoms with Gasteiger partial charge in [0.1, 0.15) is 11.4 Å². The van der Waals surface area contributed by atoms with Gasteiger partial charge in [-0.05, 0) is 37.5 Å². The third kappa shape index (κ3) is 3.56. The Kier molecular flexibility index (Phi) is 4.79. The molecule has 1 atom stereocenters. The van der Waals surface area contributed by atoms with Crippen LogP contribution in [0.2, 0.25) is 0 Å². The van der Waals surface area contributed by atoms with Crippen LogP contribution in [0.5, 0.6) is 0 Å². The van der Waals surface area contributed by atoms with Crippen LogP contribution >= 0.6 is 0 Å². The average Bonchev–Trinajstić information content (AvgIpc) is 3.23. The van der Waals surface area contributed by atoms with Gasteiger partial charge in [0.15, 0.2) is 0 Å². The molecule has 124 valence electrons. The normalized spacial score (nSPS) is 12.1. The molecule has 1 aromatic carbocycles. The van der Waals surface area contributed by atoms with Crippen molar-refractivity contribution in [2.24, 2.45) is 7.05 Å². The first-order valence-electron chi connectivity index (χ1n) is 8.15. The molecule has 0 fully saturated rings. The van der Waals surface area contributed by atoms with Crippen molar-refractivity contribution in [3.05, 3.63) is 72.2 Å². The van der Waals surface area contributed by atoms with Gasteiger partial charge in [0.2, 0.25) is 0 Å². The smallest absolute Gasteiger partial charge is 0.256 e. The van der Waals surface area contributed by atoms with E-state index in [1.807, 2.05) is 61.3 Å². The topological polar surface area (TPSA) is 51.9 Å². The van der Waals surface area contributed by atoms with E-state index >= 15 is 0 Å². The Morgan fingerprint density at radius 2 is 1.88 bits per heavy atom. The van der Waals surface area contributed by atoms with Gasteiger partial charge < -0.3 is 9.88 Å². The van der Waals surface area contributed by atoms with Crippen molar-refractivity contribution in [1.82, 2.24) is 19.7 Å². The lowest BCUT2D eigenvalue weighted by Crippen LogP contribution is -2.33.